The van der Waals surface area contributed by atoms with Crippen molar-refractivity contribution in [2.45, 2.75) is 0 Å². The van der Waals surface area contributed by atoms with Crippen molar-refractivity contribution in [1.29, 1.82) is 0 Å². The molecular weight excluding hydrogens is 483 g/mol. The molecular formula is C26H25FN4O6. The van der Waals surface area contributed by atoms with Gasteiger partial charge in [-0.3, -0.25) is 9.69 Å². The van der Waals surface area contributed by atoms with E-state index in [1.807, 2.05) is 0 Å². The molecule has 1 amide bonds. The fourth-order valence-electron chi connectivity index (χ4n) is 3.86. The van der Waals surface area contributed by atoms with Crippen LogP contribution < -0.4 is 14.8 Å². The minimum atomic E-state index is -0.625. The first-order valence-electron chi connectivity index (χ1n) is 11.7. The third-order valence-corrected chi connectivity index (χ3v) is 5.81. The lowest BCUT2D eigenvalue weighted by Crippen LogP contribution is -2.38. The molecule has 192 valence electrons. The van der Waals surface area contributed by atoms with Gasteiger partial charge in [-0.25, -0.2) is 4.39 Å². The summed E-state index contributed by atoms with van der Waals surface area (Å²) in [5.41, 5.74) is 0.573. The molecule has 1 aliphatic rings. The Hall–Kier alpha value is -4.22. The Labute approximate surface area is 211 Å². The Morgan fingerprint density at radius 2 is 1.95 bits per heavy atom. The molecule has 1 aliphatic heterocycles. The Morgan fingerprint density at radius 3 is 2.73 bits per heavy atom. The first-order chi connectivity index (χ1) is 18.1. The number of morpholine rings is 1. The SMILES string of the molecule is COc1ccc(OCCN2CCOCC2)cc1C(=O)Nc1cc(-c2nnc(-c3ccco3)o2)ccc1F. The molecule has 10 nitrogen and oxygen atoms in total. The van der Waals surface area contributed by atoms with E-state index in [0.29, 0.717) is 42.6 Å². The van der Waals surface area contributed by atoms with Gasteiger partial charge in [-0.2, -0.15) is 0 Å². The summed E-state index contributed by atoms with van der Waals surface area (Å²) < 4.78 is 42.1. The summed E-state index contributed by atoms with van der Waals surface area (Å²) in [7, 11) is 1.46. The van der Waals surface area contributed by atoms with Crippen molar-refractivity contribution in [3.05, 3.63) is 66.2 Å². The molecule has 0 atom stereocenters. The van der Waals surface area contributed by atoms with Crippen molar-refractivity contribution < 1.29 is 32.2 Å². The molecule has 0 bridgehead atoms. The molecule has 1 saturated heterocycles. The van der Waals surface area contributed by atoms with E-state index in [1.54, 1.807) is 30.3 Å². The van der Waals surface area contributed by atoms with Gasteiger partial charge in [0.2, 0.25) is 5.89 Å². The number of halogens is 1. The van der Waals surface area contributed by atoms with E-state index < -0.39 is 11.7 Å². The Bertz CT molecular complexity index is 1350. The zero-order valence-electron chi connectivity index (χ0n) is 20.1. The van der Waals surface area contributed by atoms with Crippen LogP contribution in [0.2, 0.25) is 0 Å². The number of nitrogens with zero attached hydrogens (tertiary/aromatic N) is 3. The van der Waals surface area contributed by atoms with Crippen molar-refractivity contribution in [3.63, 3.8) is 0 Å². The van der Waals surface area contributed by atoms with Gasteiger partial charge in [-0.1, -0.05) is 0 Å². The zero-order chi connectivity index (χ0) is 25.6. The van der Waals surface area contributed by atoms with Gasteiger partial charge in [-0.05, 0) is 48.5 Å². The number of anilines is 1. The molecule has 0 aliphatic carbocycles. The van der Waals surface area contributed by atoms with Crippen LogP contribution in [-0.2, 0) is 4.74 Å². The number of rotatable bonds is 9. The summed E-state index contributed by atoms with van der Waals surface area (Å²) in [5.74, 6) is 0.390. The minimum Gasteiger partial charge on any atom is -0.496 e. The van der Waals surface area contributed by atoms with Crippen LogP contribution in [-0.4, -0.2) is 67.6 Å². The van der Waals surface area contributed by atoms with Gasteiger partial charge in [-0.15, -0.1) is 10.2 Å². The van der Waals surface area contributed by atoms with Crippen molar-refractivity contribution in [1.82, 2.24) is 15.1 Å². The van der Waals surface area contributed by atoms with Crippen LogP contribution in [0.4, 0.5) is 10.1 Å². The van der Waals surface area contributed by atoms with Gasteiger partial charge in [0.25, 0.3) is 11.8 Å². The third-order valence-electron chi connectivity index (χ3n) is 5.81. The summed E-state index contributed by atoms with van der Waals surface area (Å²) in [6.07, 6.45) is 1.49. The van der Waals surface area contributed by atoms with Crippen LogP contribution in [0.15, 0.2) is 63.6 Å². The lowest BCUT2D eigenvalue weighted by atomic mass is 10.1. The molecule has 0 spiro atoms. The van der Waals surface area contributed by atoms with E-state index in [1.165, 1.54) is 31.6 Å². The number of methoxy groups -OCH3 is 1. The summed E-state index contributed by atoms with van der Waals surface area (Å²) in [6, 6.07) is 12.4. The largest absolute Gasteiger partial charge is 0.496 e. The fraction of sp³-hybridized carbons (Fsp3) is 0.269. The predicted octanol–water partition coefficient (Wildman–Crippen LogP) is 4.11. The van der Waals surface area contributed by atoms with Gasteiger partial charge in [0.05, 0.1) is 37.8 Å². The summed E-state index contributed by atoms with van der Waals surface area (Å²) >= 11 is 0. The molecule has 1 N–H and O–H groups in total. The van der Waals surface area contributed by atoms with E-state index >= 15 is 0 Å². The Kier molecular flexibility index (Phi) is 7.43. The first kappa shape index (κ1) is 24.5. The van der Waals surface area contributed by atoms with E-state index in [4.69, 9.17) is 23.0 Å². The molecule has 11 heteroatoms. The topological polar surface area (TPSA) is 112 Å². The second-order valence-corrected chi connectivity index (χ2v) is 8.20. The number of ether oxygens (including phenoxy) is 3. The van der Waals surface area contributed by atoms with E-state index in [9.17, 15) is 9.18 Å². The zero-order valence-corrected chi connectivity index (χ0v) is 20.1. The van der Waals surface area contributed by atoms with Crippen molar-refractivity contribution in [2.75, 3.05) is 51.9 Å². The molecule has 4 aromatic rings. The number of benzene rings is 2. The van der Waals surface area contributed by atoms with Crippen LogP contribution >= 0.6 is 0 Å². The van der Waals surface area contributed by atoms with E-state index in [-0.39, 0.29) is 23.0 Å². The molecule has 5 rings (SSSR count). The Morgan fingerprint density at radius 1 is 1.11 bits per heavy atom. The quantitative estimate of drug-likeness (QED) is 0.357. The first-order valence-corrected chi connectivity index (χ1v) is 11.7. The fourth-order valence-corrected chi connectivity index (χ4v) is 3.86. The molecule has 0 radical (unpaired) electrons. The molecule has 2 aromatic heterocycles. The predicted molar refractivity (Wildman–Crippen MR) is 131 cm³/mol. The van der Waals surface area contributed by atoms with Crippen LogP contribution in [0.25, 0.3) is 23.1 Å². The van der Waals surface area contributed by atoms with Gasteiger partial charge in [0.1, 0.15) is 23.9 Å². The summed E-state index contributed by atoms with van der Waals surface area (Å²) in [6.45, 7) is 4.33. The number of carbonyl (C=O) groups is 1. The van der Waals surface area contributed by atoms with Crippen LogP contribution in [0.3, 0.4) is 0 Å². The van der Waals surface area contributed by atoms with E-state index in [0.717, 1.165) is 19.6 Å². The van der Waals surface area contributed by atoms with Gasteiger partial charge >= 0.3 is 0 Å². The molecule has 1 fully saturated rings. The summed E-state index contributed by atoms with van der Waals surface area (Å²) in [4.78, 5) is 15.4. The molecule has 0 unspecified atom stereocenters. The average Bonchev–Trinajstić information content (AvgIpc) is 3.63. The standard InChI is InChI=1S/C26H25FN4O6/c1-33-22-7-5-18(35-14-10-31-8-12-34-13-9-31)16-19(22)24(32)28-21-15-17(4-6-20(21)27)25-29-30-26(37-25)23-3-2-11-36-23/h2-7,11,15-16H,8-10,12-14H2,1H3,(H,28,32). The molecule has 37 heavy (non-hydrogen) atoms. The van der Waals surface area contributed by atoms with Crippen LogP contribution in [0.1, 0.15) is 10.4 Å². The van der Waals surface area contributed by atoms with E-state index in [2.05, 4.69) is 20.4 Å². The van der Waals surface area contributed by atoms with Gasteiger partial charge < -0.3 is 28.4 Å². The highest BCUT2D eigenvalue weighted by Gasteiger charge is 2.19. The second kappa shape index (κ2) is 11.2. The molecule has 0 saturated carbocycles. The van der Waals surface area contributed by atoms with Gasteiger partial charge in [0.15, 0.2) is 5.76 Å². The highest BCUT2D eigenvalue weighted by molar-refractivity contribution is 6.06. The van der Waals surface area contributed by atoms with Crippen LogP contribution in [0, 0.1) is 5.82 Å². The maximum absolute atomic E-state index is 14.6. The normalized spacial score (nSPS) is 13.9. The number of aromatic nitrogens is 2. The molecule has 2 aromatic carbocycles. The summed E-state index contributed by atoms with van der Waals surface area (Å²) in [5, 5.41) is 10.5. The van der Waals surface area contributed by atoms with Crippen molar-refractivity contribution >= 4 is 11.6 Å². The van der Waals surface area contributed by atoms with Crippen molar-refractivity contribution in [2.24, 2.45) is 0 Å². The number of hydrogen-bond donors (Lipinski definition) is 1. The van der Waals surface area contributed by atoms with Crippen LogP contribution in [0.5, 0.6) is 11.5 Å². The monoisotopic (exact) mass is 508 g/mol. The lowest BCUT2D eigenvalue weighted by Gasteiger charge is -2.26. The Balaban J connectivity index is 1.30. The third kappa shape index (κ3) is 5.79. The smallest absolute Gasteiger partial charge is 0.283 e. The van der Waals surface area contributed by atoms with Gasteiger partial charge in [0, 0.05) is 25.2 Å². The highest BCUT2D eigenvalue weighted by atomic mass is 19.1. The molecule has 3 heterocycles. The average molecular weight is 509 g/mol. The highest BCUT2D eigenvalue weighted by Crippen LogP contribution is 2.29. The maximum Gasteiger partial charge on any atom is 0.283 e. The number of nitrogens with one attached hydrogen (secondary N) is 1. The second-order valence-electron chi connectivity index (χ2n) is 8.20. The number of furan rings is 1. The number of hydrogen-bond acceptors (Lipinski definition) is 9. The lowest BCUT2D eigenvalue weighted by molar-refractivity contribution is 0.0322. The number of carbonyl (C=O) groups excluding carboxylic acids is 1. The number of amides is 1. The maximum atomic E-state index is 14.6. The van der Waals surface area contributed by atoms with Crippen molar-refractivity contribution in [3.8, 4) is 34.6 Å². The minimum absolute atomic E-state index is 0.0547.